The third-order valence-electron chi connectivity index (χ3n) is 3.43. The number of thiophene rings is 1. The number of halogens is 1. The molecule has 1 aromatic rings. The summed E-state index contributed by atoms with van der Waals surface area (Å²) >= 11 is 0.745. The largest absolute Gasteiger partial charge is 0.444 e. The van der Waals surface area contributed by atoms with Gasteiger partial charge in [0, 0.05) is 10.9 Å². The van der Waals surface area contributed by atoms with E-state index in [9.17, 15) is 17.6 Å². The number of carbonyl (C=O) groups is 1. The molecule has 0 unspecified atom stereocenters. The number of carbonyl (C=O) groups excluding carboxylic acids is 1. The van der Waals surface area contributed by atoms with E-state index in [1.807, 2.05) is 0 Å². The van der Waals surface area contributed by atoms with Gasteiger partial charge in [-0.1, -0.05) is 0 Å². The van der Waals surface area contributed by atoms with Crippen LogP contribution in [0.1, 0.15) is 44.9 Å². The molecule has 23 heavy (non-hydrogen) atoms. The normalized spacial score (nSPS) is 16.0. The van der Waals surface area contributed by atoms with E-state index in [0.29, 0.717) is 4.88 Å². The average molecular weight is 364 g/mol. The van der Waals surface area contributed by atoms with Crippen LogP contribution >= 0.6 is 11.3 Å². The number of amides is 1. The van der Waals surface area contributed by atoms with E-state index < -0.39 is 31.7 Å². The van der Waals surface area contributed by atoms with E-state index >= 15 is 0 Å². The van der Waals surface area contributed by atoms with Crippen LogP contribution in [0.5, 0.6) is 0 Å². The van der Waals surface area contributed by atoms with Crippen LogP contribution in [0.4, 0.5) is 9.18 Å². The summed E-state index contributed by atoms with van der Waals surface area (Å²) in [6, 6.07) is 1.15. The predicted octanol–water partition coefficient (Wildman–Crippen LogP) is 2.82. The lowest BCUT2D eigenvalue weighted by Crippen LogP contribution is -2.45. The molecule has 0 radical (unpaired) electrons. The smallest absolute Gasteiger partial charge is 0.410 e. The molecule has 130 valence electrons. The van der Waals surface area contributed by atoms with Gasteiger partial charge in [-0.05, 0) is 46.1 Å². The topological polar surface area (TPSA) is 89.7 Å². The Kier molecular flexibility index (Phi) is 5.03. The first-order chi connectivity index (χ1) is 10.5. The van der Waals surface area contributed by atoms with Crippen molar-refractivity contribution >= 4 is 27.5 Å². The van der Waals surface area contributed by atoms with Gasteiger partial charge in [-0.15, -0.1) is 11.3 Å². The highest BCUT2D eigenvalue weighted by Crippen LogP contribution is 2.31. The summed E-state index contributed by atoms with van der Waals surface area (Å²) in [5.74, 6) is -0.884. The van der Waals surface area contributed by atoms with Crippen LogP contribution in [0.25, 0.3) is 0 Å². The number of hydrogen-bond donors (Lipinski definition) is 1. The fourth-order valence-electron chi connectivity index (χ4n) is 2.20. The third-order valence-corrected chi connectivity index (χ3v) is 5.98. The molecule has 6 nitrogen and oxygen atoms in total. The van der Waals surface area contributed by atoms with Crippen molar-refractivity contribution in [1.82, 2.24) is 4.90 Å². The average Bonchev–Trinajstić information content (AvgIpc) is 2.64. The number of primary sulfonamides is 1. The van der Waals surface area contributed by atoms with Crippen LogP contribution in [-0.2, 0) is 21.3 Å². The van der Waals surface area contributed by atoms with Crippen LogP contribution in [0.3, 0.4) is 0 Å². The van der Waals surface area contributed by atoms with Gasteiger partial charge in [0.2, 0.25) is 0 Å². The fourth-order valence-corrected chi connectivity index (χ4v) is 4.08. The zero-order valence-electron chi connectivity index (χ0n) is 13.3. The molecular formula is C14H21FN2O4S2. The molecule has 9 heteroatoms. The van der Waals surface area contributed by atoms with E-state index in [4.69, 9.17) is 9.88 Å². The van der Waals surface area contributed by atoms with Gasteiger partial charge in [-0.25, -0.2) is 22.7 Å². The van der Waals surface area contributed by atoms with Crippen LogP contribution in [0, 0.1) is 5.82 Å². The fraction of sp³-hybridized carbons (Fsp3) is 0.643. The zero-order chi connectivity index (χ0) is 17.4. The van der Waals surface area contributed by atoms with Crippen LogP contribution in [0.2, 0.25) is 0 Å². The molecule has 0 atom stereocenters. The summed E-state index contributed by atoms with van der Waals surface area (Å²) in [4.78, 5) is 14.3. The predicted molar refractivity (Wildman–Crippen MR) is 85.1 cm³/mol. The minimum atomic E-state index is -4.10. The second-order valence-corrected chi connectivity index (χ2v) is 9.48. The summed E-state index contributed by atoms with van der Waals surface area (Å²) in [5.41, 5.74) is -0.633. The van der Waals surface area contributed by atoms with Gasteiger partial charge < -0.3 is 9.64 Å². The Hall–Kier alpha value is -1.19. The first kappa shape index (κ1) is 18.2. The lowest BCUT2D eigenvalue weighted by molar-refractivity contribution is 0.00487. The minimum Gasteiger partial charge on any atom is -0.444 e. The molecule has 1 amide bonds. The van der Waals surface area contributed by atoms with Gasteiger partial charge in [0.05, 0.1) is 6.54 Å². The lowest BCUT2D eigenvalue weighted by Gasteiger charge is -2.38. The molecule has 0 saturated heterocycles. The SMILES string of the molecule is CC(C)(C)OC(=O)N(Cc1cc(F)c(S(N)(=O)=O)s1)C1CCC1. The standard InChI is InChI=1S/C14H21FN2O4S2/c1-14(2,3)21-13(18)17(9-5-4-6-9)8-10-7-11(15)12(22-10)23(16,19)20/h7,9H,4-6,8H2,1-3H3,(H2,16,19,20). The Morgan fingerprint density at radius 1 is 1.48 bits per heavy atom. The van der Waals surface area contributed by atoms with Crippen molar-refractivity contribution in [2.45, 2.75) is 62.4 Å². The Balaban J connectivity index is 2.20. The van der Waals surface area contributed by atoms with Gasteiger partial charge in [0.15, 0.2) is 10.0 Å². The summed E-state index contributed by atoms with van der Waals surface area (Å²) in [6.45, 7) is 5.42. The van der Waals surface area contributed by atoms with Crippen molar-refractivity contribution in [3.63, 3.8) is 0 Å². The first-order valence-corrected chi connectivity index (χ1v) is 9.64. The highest BCUT2D eigenvalue weighted by molar-refractivity contribution is 7.91. The van der Waals surface area contributed by atoms with E-state index in [2.05, 4.69) is 0 Å². The van der Waals surface area contributed by atoms with Crippen LogP contribution in [-0.4, -0.2) is 31.1 Å². The van der Waals surface area contributed by atoms with Gasteiger partial charge in [0.25, 0.3) is 10.0 Å². The Morgan fingerprint density at radius 3 is 2.48 bits per heavy atom. The Labute approximate surface area is 139 Å². The van der Waals surface area contributed by atoms with Crippen molar-refractivity contribution in [3.8, 4) is 0 Å². The van der Waals surface area contributed by atoms with E-state index in [-0.39, 0.29) is 12.6 Å². The van der Waals surface area contributed by atoms with Crippen molar-refractivity contribution in [2.24, 2.45) is 5.14 Å². The molecule has 1 aliphatic carbocycles. The van der Waals surface area contributed by atoms with Crippen molar-refractivity contribution < 1.29 is 22.3 Å². The maximum Gasteiger partial charge on any atom is 0.410 e. The van der Waals surface area contributed by atoms with Gasteiger partial charge >= 0.3 is 6.09 Å². The summed E-state index contributed by atoms with van der Waals surface area (Å²) < 4.78 is 41.3. The maximum atomic E-state index is 13.7. The minimum absolute atomic E-state index is 0.0351. The van der Waals surface area contributed by atoms with Crippen molar-refractivity contribution in [3.05, 3.63) is 16.8 Å². The monoisotopic (exact) mass is 364 g/mol. The van der Waals surface area contributed by atoms with Gasteiger partial charge in [0.1, 0.15) is 5.60 Å². The molecule has 1 aliphatic rings. The second kappa shape index (κ2) is 6.37. The number of ether oxygens (including phenoxy) is 1. The lowest BCUT2D eigenvalue weighted by atomic mass is 9.91. The van der Waals surface area contributed by atoms with Crippen LogP contribution < -0.4 is 5.14 Å². The Morgan fingerprint density at radius 2 is 2.09 bits per heavy atom. The number of nitrogens with zero attached hydrogens (tertiary/aromatic N) is 1. The molecule has 0 bridgehead atoms. The van der Waals surface area contributed by atoms with E-state index in [1.165, 1.54) is 4.90 Å². The summed E-state index contributed by atoms with van der Waals surface area (Å²) in [7, 11) is -4.10. The molecule has 2 rings (SSSR count). The quantitative estimate of drug-likeness (QED) is 0.889. The van der Waals surface area contributed by atoms with Gasteiger partial charge in [-0.2, -0.15) is 0 Å². The number of hydrogen-bond acceptors (Lipinski definition) is 5. The summed E-state index contributed by atoms with van der Waals surface area (Å²) in [5, 5.41) is 4.98. The molecule has 0 aliphatic heterocycles. The molecule has 1 aromatic heterocycles. The Bertz CT molecular complexity index is 690. The molecule has 1 fully saturated rings. The second-order valence-electron chi connectivity index (χ2n) is 6.59. The molecule has 2 N–H and O–H groups in total. The number of sulfonamides is 1. The number of rotatable bonds is 4. The number of nitrogens with two attached hydrogens (primary N) is 1. The zero-order valence-corrected chi connectivity index (χ0v) is 15.0. The maximum absolute atomic E-state index is 13.7. The van der Waals surface area contributed by atoms with Gasteiger partial charge in [-0.3, -0.25) is 0 Å². The molecular weight excluding hydrogens is 343 g/mol. The van der Waals surface area contributed by atoms with E-state index in [0.717, 1.165) is 36.7 Å². The van der Waals surface area contributed by atoms with Crippen molar-refractivity contribution in [2.75, 3.05) is 0 Å². The molecule has 1 heterocycles. The molecule has 0 spiro atoms. The van der Waals surface area contributed by atoms with Crippen LogP contribution in [0.15, 0.2) is 10.3 Å². The molecule has 0 aromatic carbocycles. The highest BCUT2D eigenvalue weighted by atomic mass is 32.2. The van der Waals surface area contributed by atoms with E-state index in [1.54, 1.807) is 20.8 Å². The molecule has 1 saturated carbocycles. The third kappa shape index (κ3) is 4.65. The highest BCUT2D eigenvalue weighted by Gasteiger charge is 2.33. The summed E-state index contributed by atoms with van der Waals surface area (Å²) in [6.07, 6.45) is 2.25. The first-order valence-electron chi connectivity index (χ1n) is 7.28. The van der Waals surface area contributed by atoms with Crippen molar-refractivity contribution in [1.29, 1.82) is 0 Å².